The molecule has 1 aromatic heterocycles. The molecule has 6 nitrogen and oxygen atoms in total. The van der Waals surface area contributed by atoms with E-state index < -0.39 is 9.84 Å². The smallest absolute Gasteiger partial charge is 0.175 e. The number of aromatic nitrogens is 2. The Morgan fingerprint density at radius 2 is 1.59 bits per heavy atom. The van der Waals surface area contributed by atoms with Crippen molar-refractivity contribution in [1.29, 1.82) is 0 Å². The molecule has 1 aliphatic rings. The standard InChI is InChI=1S/C19H19FN4O2S/c1-27(25,26)16-5-3-15(4-6-16)23-8-10-24(11-9-23)19-17-12-14(20)2-7-18(17)21-13-22-19/h2-7,12-13H,8-11H2,1H3. The number of nitrogens with zero attached hydrogens (tertiary/aromatic N) is 4. The second-order valence-corrected chi connectivity index (χ2v) is 8.61. The van der Waals surface area contributed by atoms with Crippen LogP contribution in [0.2, 0.25) is 0 Å². The monoisotopic (exact) mass is 386 g/mol. The minimum Gasteiger partial charge on any atom is -0.368 e. The number of fused-ring (bicyclic) bond motifs is 1. The van der Waals surface area contributed by atoms with Crippen molar-refractivity contribution in [2.45, 2.75) is 4.90 Å². The van der Waals surface area contributed by atoms with Crippen LogP contribution in [0.5, 0.6) is 0 Å². The topological polar surface area (TPSA) is 66.4 Å². The van der Waals surface area contributed by atoms with E-state index in [4.69, 9.17) is 0 Å². The van der Waals surface area contributed by atoms with E-state index in [1.807, 2.05) is 12.1 Å². The molecule has 0 amide bonds. The van der Waals surface area contributed by atoms with Gasteiger partial charge in [0.1, 0.15) is 18.0 Å². The number of benzene rings is 2. The average Bonchev–Trinajstić information content (AvgIpc) is 2.67. The van der Waals surface area contributed by atoms with Crippen molar-refractivity contribution >= 4 is 32.2 Å². The molecule has 8 heteroatoms. The van der Waals surface area contributed by atoms with Crippen LogP contribution in [0.3, 0.4) is 0 Å². The zero-order valence-electron chi connectivity index (χ0n) is 14.8. The fraction of sp³-hybridized carbons (Fsp3) is 0.263. The third-order valence-corrected chi connectivity index (χ3v) is 5.91. The number of piperazine rings is 1. The number of anilines is 2. The van der Waals surface area contributed by atoms with E-state index >= 15 is 0 Å². The van der Waals surface area contributed by atoms with E-state index in [9.17, 15) is 12.8 Å². The molecule has 0 aliphatic carbocycles. The fourth-order valence-corrected chi connectivity index (χ4v) is 3.98. The van der Waals surface area contributed by atoms with Gasteiger partial charge in [0.15, 0.2) is 9.84 Å². The summed E-state index contributed by atoms with van der Waals surface area (Å²) in [6.07, 6.45) is 2.71. The Hall–Kier alpha value is -2.74. The number of hydrogen-bond acceptors (Lipinski definition) is 6. The Bertz CT molecular complexity index is 1080. The van der Waals surface area contributed by atoms with Gasteiger partial charge in [0.05, 0.1) is 10.4 Å². The van der Waals surface area contributed by atoms with Crippen LogP contribution in [0.25, 0.3) is 10.9 Å². The third-order valence-electron chi connectivity index (χ3n) is 4.79. The van der Waals surface area contributed by atoms with E-state index in [1.54, 1.807) is 18.2 Å². The number of halogens is 1. The molecule has 2 aromatic carbocycles. The van der Waals surface area contributed by atoms with Crippen molar-refractivity contribution in [3.63, 3.8) is 0 Å². The summed E-state index contributed by atoms with van der Waals surface area (Å²) in [6.45, 7) is 2.99. The second-order valence-electron chi connectivity index (χ2n) is 6.60. The Morgan fingerprint density at radius 3 is 2.26 bits per heavy atom. The molecule has 0 unspecified atom stereocenters. The normalized spacial score (nSPS) is 15.3. The summed E-state index contributed by atoms with van der Waals surface area (Å²) in [5.41, 5.74) is 1.71. The molecular formula is C19H19FN4O2S. The summed E-state index contributed by atoms with van der Waals surface area (Å²) in [6, 6.07) is 11.5. The molecule has 0 radical (unpaired) electrons. The van der Waals surface area contributed by atoms with Gasteiger partial charge in [0.2, 0.25) is 0 Å². The number of sulfone groups is 1. The summed E-state index contributed by atoms with van der Waals surface area (Å²) in [5.74, 6) is 0.440. The van der Waals surface area contributed by atoms with Crippen LogP contribution in [-0.2, 0) is 9.84 Å². The highest BCUT2D eigenvalue weighted by atomic mass is 32.2. The number of rotatable bonds is 3. The molecule has 0 spiro atoms. The van der Waals surface area contributed by atoms with Crippen LogP contribution in [0.15, 0.2) is 53.7 Å². The highest BCUT2D eigenvalue weighted by Crippen LogP contribution is 2.26. The van der Waals surface area contributed by atoms with E-state index in [0.717, 1.165) is 43.2 Å². The van der Waals surface area contributed by atoms with Gasteiger partial charge in [-0.1, -0.05) is 0 Å². The molecule has 1 fully saturated rings. The molecule has 0 bridgehead atoms. The summed E-state index contributed by atoms with van der Waals surface area (Å²) in [7, 11) is -3.19. The Morgan fingerprint density at radius 1 is 0.926 bits per heavy atom. The molecule has 140 valence electrons. The van der Waals surface area contributed by atoms with Gasteiger partial charge in [-0.15, -0.1) is 0 Å². The van der Waals surface area contributed by atoms with E-state index in [1.165, 1.54) is 24.7 Å². The first-order chi connectivity index (χ1) is 12.9. The molecule has 0 N–H and O–H groups in total. The molecule has 1 saturated heterocycles. The predicted molar refractivity (Wildman–Crippen MR) is 103 cm³/mol. The van der Waals surface area contributed by atoms with Crippen LogP contribution >= 0.6 is 0 Å². The lowest BCUT2D eigenvalue weighted by Gasteiger charge is -2.37. The SMILES string of the molecule is CS(=O)(=O)c1ccc(N2CCN(c3ncnc4ccc(F)cc34)CC2)cc1. The highest BCUT2D eigenvalue weighted by molar-refractivity contribution is 7.90. The average molecular weight is 386 g/mol. The van der Waals surface area contributed by atoms with Gasteiger partial charge in [-0.3, -0.25) is 0 Å². The largest absolute Gasteiger partial charge is 0.368 e. The fourth-order valence-electron chi connectivity index (χ4n) is 3.35. The molecule has 4 rings (SSSR count). The van der Waals surface area contributed by atoms with Crippen LogP contribution < -0.4 is 9.80 Å². The van der Waals surface area contributed by atoms with Crippen LogP contribution in [0.4, 0.5) is 15.9 Å². The first-order valence-electron chi connectivity index (χ1n) is 8.62. The number of hydrogen-bond donors (Lipinski definition) is 0. The maximum Gasteiger partial charge on any atom is 0.175 e. The van der Waals surface area contributed by atoms with Crippen molar-refractivity contribution in [3.8, 4) is 0 Å². The van der Waals surface area contributed by atoms with Gasteiger partial charge in [-0.05, 0) is 42.5 Å². The van der Waals surface area contributed by atoms with Gasteiger partial charge in [-0.25, -0.2) is 22.8 Å². The summed E-state index contributed by atoms with van der Waals surface area (Å²) in [4.78, 5) is 13.2. The van der Waals surface area contributed by atoms with E-state index in [2.05, 4.69) is 19.8 Å². The maximum atomic E-state index is 13.7. The van der Waals surface area contributed by atoms with Crippen LogP contribution in [0, 0.1) is 5.82 Å². The second kappa shape index (κ2) is 6.77. The lowest BCUT2D eigenvalue weighted by molar-refractivity contribution is 0.602. The quantitative estimate of drug-likeness (QED) is 0.689. The minimum atomic E-state index is -3.19. The van der Waals surface area contributed by atoms with Crippen molar-refractivity contribution in [3.05, 3.63) is 54.6 Å². The van der Waals surface area contributed by atoms with Gasteiger partial charge in [-0.2, -0.15) is 0 Å². The van der Waals surface area contributed by atoms with Crippen molar-refractivity contribution < 1.29 is 12.8 Å². The maximum absolute atomic E-state index is 13.7. The summed E-state index contributed by atoms with van der Waals surface area (Å²) < 4.78 is 36.8. The van der Waals surface area contributed by atoms with E-state index in [-0.39, 0.29) is 5.82 Å². The molecule has 3 aromatic rings. The lowest BCUT2D eigenvalue weighted by atomic mass is 10.2. The Balaban J connectivity index is 1.52. The van der Waals surface area contributed by atoms with Crippen LogP contribution in [-0.4, -0.2) is 50.8 Å². The molecule has 2 heterocycles. The van der Waals surface area contributed by atoms with Crippen molar-refractivity contribution in [1.82, 2.24) is 9.97 Å². The summed E-state index contributed by atoms with van der Waals surface area (Å²) in [5, 5.41) is 0.712. The molecule has 1 aliphatic heterocycles. The van der Waals surface area contributed by atoms with Gasteiger partial charge in [0.25, 0.3) is 0 Å². The Kier molecular flexibility index (Phi) is 4.43. The van der Waals surface area contributed by atoms with Gasteiger partial charge in [0, 0.05) is 43.5 Å². The molecule has 0 saturated carbocycles. The molecule has 27 heavy (non-hydrogen) atoms. The van der Waals surface area contributed by atoms with Gasteiger partial charge >= 0.3 is 0 Å². The zero-order valence-corrected chi connectivity index (χ0v) is 15.7. The lowest BCUT2D eigenvalue weighted by Crippen LogP contribution is -2.46. The highest BCUT2D eigenvalue weighted by Gasteiger charge is 2.20. The predicted octanol–water partition coefficient (Wildman–Crippen LogP) is 2.50. The third kappa shape index (κ3) is 3.57. The molecule has 0 atom stereocenters. The van der Waals surface area contributed by atoms with Crippen molar-refractivity contribution in [2.24, 2.45) is 0 Å². The van der Waals surface area contributed by atoms with Crippen LogP contribution in [0.1, 0.15) is 0 Å². The zero-order chi connectivity index (χ0) is 19.0. The van der Waals surface area contributed by atoms with Crippen molar-refractivity contribution in [2.75, 3.05) is 42.2 Å². The van der Waals surface area contributed by atoms with Gasteiger partial charge < -0.3 is 9.80 Å². The Labute approximate surface area is 157 Å². The minimum absolute atomic E-state index is 0.303. The summed E-state index contributed by atoms with van der Waals surface area (Å²) >= 11 is 0. The van der Waals surface area contributed by atoms with E-state index in [0.29, 0.717) is 10.3 Å². The molecular weight excluding hydrogens is 367 g/mol. The first kappa shape index (κ1) is 17.7. The first-order valence-corrected chi connectivity index (χ1v) is 10.5.